The van der Waals surface area contributed by atoms with Gasteiger partial charge in [0, 0.05) is 25.9 Å². The Bertz CT molecular complexity index is 899. The largest absolute Gasteiger partial charge is 0.379 e. The highest BCUT2D eigenvalue weighted by atomic mass is 18.2. The first-order valence-electron chi connectivity index (χ1n) is 8.97. The number of imidazole rings is 1. The third-order valence-electron chi connectivity index (χ3n) is 5.68. The molecule has 3 heterocycles. The number of nitrogens with zero attached hydrogens (tertiary/aromatic N) is 4. The molecule has 3 atom stereocenters. The van der Waals surface area contributed by atoms with Crippen LogP contribution < -0.4 is 4.90 Å². The minimum atomic E-state index is -0.387. The second-order valence-electron chi connectivity index (χ2n) is 7.04. The lowest BCUT2D eigenvalue weighted by Gasteiger charge is -2.20. The van der Waals surface area contributed by atoms with E-state index in [0.717, 1.165) is 59.9 Å². The van der Waals surface area contributed by atoms with Crippen LogP contribution in [0.15, 0.2) is 36.5 Å². The topological polar surface area (TPSA) is 42.7 Å². The van der Waals surface area contributed by atoms with E-state index in [1.807, 2.05) is 22.6 Å². The first-order chi connectivity index (χ1) is 12.3. The maximum atomic E-state index is 12.0. The monoisotopic (exact) mass is 339 g/mol. The SMILES string of the molecule is [18F]CCOCCC1[C@H]2CN(c3ccn4c(n3)nc3ccccc34)C[C@@H]12. The van der Waals surface area contributed by atoms with Gasteiger partial charge in [-0.15, -0.1) is 0 Å². The molecule has 0 N–H and O–H groups in total. The molecule has 5 nitrogen and oxygen atoms in total. The number of para-hydroxylation sites is 2. The van der Waals surface area contributed by atoms with Crippen LogP contribution in [-0.2, 0) is 4.74 Å². The Kier molecular flexibility index (Phi) is 3.59. The Hall–Kier alpha value is -2.21. The zero-order valence-corrected chi connectivity index (χ0v) is 14.0. The molecule has 0 amide bonds. The van der Waals surface area contributed by atoms with Crippen molar-refractivity contribution in [2.45, 2.75) is 6.42 Å². The van der Waals surface area contributed by atoms with E-state index in [1.165, 1.54) is 0 Å². The summed E-state index contributed by atoms with van der Waals surface area (Å²) in [6, 6.07) is 10.2. The number of rotatable bonds is 6. The van der Waals surface area contributed by atoms with Gasteiger partial charge in [0.25, 0.3) is 0 Å². The van der Waals surface area contributed by atoms with Crippen molar-refractivity contribution in [1.82, 2.24) is 14.4 Å². The number of alkyl halides is 1. The summed E-state index contributed by atoms with van der Waals surface area (Å²) in [5.41, 5.74) is 2.07. The zero-order valence-electron chi connectivity index (χ0n) is 14.0. The highest BCUT2D eigenvalue weighted by molar-refractivity contribution is 5.79. The molecule has 0 radical (unpaired) electrons. The molecule has 0 bridgehead atoms. The Morgan fingerprint density at radius 2 is 1.92 bits per heavy atom. The van der Waals surface area contributed by atoms with Crippen LogP contribution in [0.25, 0.3) is 16.8 Å². The van der Waals surface area contributed by atoms with Crippen LogP contribution in [0.2, 0.25) is 0 Å². The highest BCUT2D eigenvalue weighted by Crippen LogP contribution is 2.54. The molecule has 1 saturated carbocycles. The molecule has 1 aliphatic carbocycles. The summed E-state index contributed by atoms with van der Waals surface area (Å²) < 4.78 is 19.4. The van der Waals surface area contributed by atoms with Gasteiger partial charge in [0.15, 0.2) is 0 Å². The number of benzene rings is 1. The third kappa shape index (κ3) is 2.56. The molecule has 3 aromatic rings. The second-order valence-corrected chi connectivity index (χ2v) is 7.04. The summed E-state index contributed by atoms with van der Waals surface area (Å²) in [6.45, 7) is 2.65. The van der Waals surface area contributed by atoms with E-state index in [0.29, 0.717) is 6.61 Å². The molecule has 1 unspecified atom stereocenters. The van der Waals surface area contributed by atoms with Gasteiger partial charge in [0.2, 0.25) is 5.78 Å². The van der Waals surface area contributed by atoms with Gasteiger partial charge in [-0.25, -0.2) is 9.37 Å². The van der Waals surface area contributed by atoms with Crippen LogP contribution in [0.4, 0.5) is 10.2 Å². The van der Waals surface area contributed by atoms with Crippen LogP contribution >= 0.6 is 0 Å². The average molecular weight is 339 g/mol. The number of halogens is 1. The van der Waals surface area contributed by atoms with Crippen molar-refractivity contribution in [1.29, 1.82) is 0 Å². The first kappa shape index (κ1) is 15.1. The summed E-state index contributed by atoms with van der Waals surface area (Å²) >= 11 is 0. The van der Waals surface area contributed by atoms with Crippen molar-refractivity contribution in [3.8, 4) is 0 Å². The van der Waals surface area contributed by atoms with Gasteiger partial charge in [-0.3, -0.25) is 4.40 Å². The maximum absolute atomic E-state index is 12.0. The molecule has 2 fully saturated rings. The van der Waals surface area contributed by atoms with Gasteiger partial charge in [-0.2, -0.15) is 4.98 Å². The predicted octanol–water partition coefficient (Wildman–Crippen LogP) is 2.94. The van der Waals surface area contributed by atoms with E-state index >= 15 is 0 Å². The smallest absolute Gasteiger partial charge is 0.236 e. The Labute approximate surface area is 145 Å². The van der Waals surface area contributed by atoms with Crippen LogP contribution in [0.5, 0.6) is 0 Å². The Balaban J connectivity index is 1.27. The summed E-state index contributed by atoms with van der Waals surface area (Å²) in [4.78, 5) is 11.8. The predicted molar refractivity (Wildman–Crippen MR) is 94.6 cm³/mol. The Morgan fingerprint density at radius 1 is 1.08 bits per heavy atom. The van der Waals surface area contributed by atoms with Crippen molar-refractivity contribution in [2.75, 3.05) is 37.9 Å². The summed E-state index contributed by atoms with van der Waals surface area (Å²) in [7, 11) is 0. The van der Waals surface area contributed by atoms with Gasteiger partial charge in [-0.1, -0.05) is 12.1 Å². The number of piperidine rings is 1. The quantitative estimate of drug-likeness (QED) is 0.648. The molecule has 0 spiro atoms. The fourth-order valence-electron chi connectivity index (χ4n) is 4.36. The first-order valence-corrected chi connectivity index (χ1v) is 8.97. The van der Waals surface area contributed by atoms with E-state index in [1.54, 1.807) is 0 Å². The lowest BCUT2D eigenvalue weighted by atomic mass is 10.2. The van der Waals surface area contributed by atoms with Crippen LogP contribution in [0, 0.1) is 17.8 Å². The number of fused-ring (bicyclic) bond motifs is 4. The number of hydrogen-bond acceptors (Lipinski definition) is 4. The lowest BCUT2D eigenvalue weighted by molar-refractivity contribution is 0.112. The molecule has 25 heavy (non-hydrogen) atoms. The van der Waals surface area contributed by atoms with Crippen molar-refractivity contribution in [3.63, 3.8) is 0 Å². The van der Waals surface area contributed by atoms with Gasteiger partial charge in [0.1, 0.15) is 12.5 Å². The molecular formula is C19H21FN4O. The molecule has 1 aliphatic heterocycles. The van der Waals surface area contributed by atoms with Crippen molar-refractivity contribution in [2.24, 2.45) is 17.8 Å². The standard InChI is InChI=1S/C19H21FN4O/c20-7-10-25-9-6-13-14-11-23(12-15(13)14)18-5-8-24-17-4-2-1-3-16(17)21-19(24)22-18/h1-5,8,13-15H,6-7,9-12H2/t13?,14-,15+/i20-1. The molecule has 130 valence electrons. The molecular weight excluding hydrogens is 318 g/mol. The molecule has 5 rings (SSSR count). The molecule has 1 aromatic carbocycles. The van der Waals surface area contributed by atoms with Gasteiger partial charge < -0.3 is 9.64 Å². The van der Waals surface area contributed by atoms with E-state index in [4.69, 9.17) is 9.72 Å². The third-order valence-corrected chi connectivity index (χ3v) is 5.68. The normalized spacial score (nSPS) is 25.0. The molecule has 6 heteroatoms. The van der Waals surface area contributed by atoms with Gasteiger partial charge in [0.05, 0.1) is 17.6 Å². The van der Waals surface area contributed by atoms with Crippen molar-refractivity contribution >= 4 is 22.6 Å². The minimum Gasteiger partial charge on any atom is -0.379 e. The minimum absolute atomic E-state index is 0.233. The maximum Gasteiger partial charge on any atom is 0.236 e. The number of aromatic nitrogens is 3. The van der Waals surface area contributed by atoms with Crippen LogP contribution in [-0.4, -0.2) is 47.3 Å². The van der Waals surface area contributed by atoms with Gasteiger partial charge in [-0.05, 0) is 42.4 Å². The van der Waals surface area contributed by atoms with E-state index in [9.17, 15) is 4.39 Å². The fourth-order valence-corrected chi connectivity index (χ4v) is 4.36. The van der Waals surface area contributed by atoms with E-state index in [2.05, 4.69) is 28.2 Å². The molecule has 1 saturated heterocycles. The van der Waals surface area contributed by atoms with Crippen LogP contribution in [0.3, 0.4) is 0 Å². The van der Waals surface area contributed by atoms with E-state index < -0.39 is 0 Å². The second kappa shape index (κ2) is 5.95. The zero-order chi connectivity index (χ0) is 16.8. The van der Waals surface area contributed by atoms with Crippen molar-refractivity contribution in [3.05, 3.63) is 36.5 Å². The number of ether oxygens (including phenoxy) is 1. The summed E-state index contributed by atoms with van der Waals surface area (Å²) in [6.07, 6.45) is 3.13. The summed E-state index contributed by atoms with van der Waals surface area (Å²) in [5, 5.41) is 0. The van der Waals surface area contributed by atoms with Crippen LogP contribution in [0.1, 0.15) is 6.42 Å². The summed E-state index contributed by atoms with van der Waals surface area (Å²) in [5.74, 6) is 4.00. The highest BCUT2D eigenvalue weighted by Gasteiger charge is 2.55. The Morgan fingerprint density at radius 3 is 2.76 bits per heavy atom. The number of hydrogen-bond donors (Lipinski definition) is 0. The van der Waals surface area contributed by atoms with Crippen molar-refractivity contribution < 1.29 is 9.13 Å². The fraction of sp³-hybridized carbons (Fsp3) is 0.474. The molecule has 2 aromatic heterocycles. The van der Waals surface area contributed by atoms with Gasteiger partial charge >= 0.3 is 0 Å². The van der Waals surface area contributed by atoms with E-state index in [-0.39, 0.29) is 13.3 Å². The average Bonchev–Trinajstić information content (AvgIpc) is 3.00. The lowest BCUT2D eigenvalue weighted by Crippen LogP contribution is -2.25. The number of anilines is 1. The molecule has 2 aliphatic rings.